The summed E-state index contributed by atoms with van der Waals surface area (Å²) >= 11 is 0. The number of ether oxygens (including phenoxy) is 1. The zero-order valence-corrected chi connectivity index (χ0v) is 14.6. The van der Waals surface area contributed by atoms with E-state index in [1.807, 2.05) is 0 Å². The van der Waals surface area contributed by atoms with Crippen LogP contribution in [0.15, 0.2) is 53.4 Å². The maximum Gasteiger partial charge on any atom is 1.00 e. The molecule has 2 aromatic carbocycles. The second-order valence-corrected chi connectivity index (χ2v) is 5.43. The zero-order chi connectivity index (χ0) is 15.5. The van der Waals surface area contributed by atoms with E-state index in [1.165, 1.54) is 30.3 Å². The van der Waals surface area contributed by atoms with Gasteiger partial charge < -0.3 is 11.3 Å². The molecule has 112 valence electrons. The molecule has 0 bridgehead atoms. The Morgan fingerprint density at radius 3 is 2.27 bits per heavy atom. The number of benzene rings is 2. The number of hydrogen-bond acceptors (Lipinski definition) is 5. The van der Waals surface area contributed by atoms with Gasteiger partial charge in [-0.05, 0) is 12.1 Å². The molecule has 2 N–H and O–H groups in total. The second-order valence-electron chi connectivity index (χ2n) is 4.08. The Labute approximate surface area is 151 Å². The molecule has 0 fully saturated rings. The normalized spacial score (nSPS) is 10.6. The minimum absolute atomic E-state index is 0. The minimum Gasteiger partial charge on any atom is -1.00 e. The van der Waals surface area contributed by atoms with Crippen molar-refractivity contribution in [2.75, 3.05) is 6.79 Å². The molecule has 0 amide bonds. The van der Waals surface area contributed by atoms with Gasteiger partial charge in [0.1, 0.15) is 10.6 Å². The van der Waals surface area contributed by atoms with Crippen LogP contribution in [0.2, 0.25) is 0 Å². The number of carbonyl (C=O) groups excluding carboxylic acids is 1. The van der Waals surface area contributed by atoms with Gasteiger partial charge >= 0.3 is 29.6 Å². The summed E-state index contributed by atoms with van der Waals surface area (Å²) < 4.78 is 37.1. The molecule has 0 unspecified atom stereocenters. The van der Waals surface area contributed by atoms with Crippen LogP contribution in [0.3, 0.4) is 0 Å². The average Bonchev–Trinajstić information content (AvgIpc) is 2.46. The molecule has 0 saturated carbocycles. The summed E-state index contributed by atoms with van der Waals surface area (Å²) in [5.41, 5.74) is 0.0400. The first-order valence-corrected chi connectivity index (χ1v) is 7.33. The Hall–Kier alpha value is -1.22. The van der Waals surface area contributed by atoms with Crippen LogP contribution in [0.4, 0.5) is 0 Å². The van der Waals surface area contributed by atoms with Crippen LogP contribution in [0.25, 0.3) is 0 Å². The van der Waals surface area contributed by atoms with E-state index in [1.54, 1.807) is 18.2 Å². The number of rotatable bonds is 5. The van der Waals surface area contributed by atoms with Gasteiger partial charge in [0.05, 0.1) is 0 Å². The molecule has 0 heterocycles. The molecule has 2 rings (SSSR count). The van der Waals surface area contributed by atoms with Gasteiger partial charge in [0.15, 0.2) is 12.6 Å². The predicted octanol–water partition coefficient (Wildman–Crippen LogP) is -1.39. The van der Waals surface area contributed by atoms with Crippen LogP contribution in [0, 0.1) is 0 Å². The van der Waals surface area contributed by atoms with Gasteiger partial charge in [-0.1, -0.05) is 36.4 Å². The van der Waals surface area contributed by atoms with E-state index in [9.17, 15) is 17.8 Å². The van der Waals surface area contributed by atoms with Gasteiger partial charge in [0, 0.05) is 11.1 Å². The fourth-order valence-electron chi connectivity index (χ4n) is 1.89. The standard InChI is InChI=1S/C14H12O6S.Na.H/c15-9-20-12-8-4-7-11(14(12)21(17,18)19)13(16)10-5-2-1-3-6-10;;/h1-8,15H,9H2,(H,17,18,19);;/q;+1;-1. The van der Waals surface area contributed by atoms with Crippen LogP contribution < -0.4 is 34.3 Å². The molecule has 0 aliphatic carbocycles. The Bertz CT molecular complexity index is 764. The molecule has 0 aromatic heterocycles. The van der Waals surface area contributed by atoms with Crippen molar-refractivity contribution < 1.29 is 58.6 Å². The topological polar surface area (TPSA) is 101 Å². The maximum atomic E-state index is 12.4. The molecule has 0 aliphatic heterocycles. The fourth-order valence-corrected chi connectivity index (χ4v) is 2.71. The molecule has 2 aromatic rings. The third kappa shape index (κ3) is 4.16. The summed E-state index contributed by atoms with van der Waals surface area (Å²) in [4.78, 5) is 11.7. The third-order valence-corrected chi connectivity index (χ3v) is 3.67. The summed E-state index contributed by atoms with van der Waals surface area (Å²) in [6, 6.07) is 11.9. The van der Waals surface area contributed by atoms with Gasteiger partial charge in [0.2, 0.25) is 0 Å². The summed E-state index contributed by atoms with van der Waals surface area (Å²) in [6.45, 7) is -0.786. The first-order chi connectivity index (χ1) is 9.95. The van der Waals surface area contributed by atoms with E-state index in [-0.39, 0.29) is 47.9 Å². The quantitative estimate of drug-likeness (QED) is 0.303. The van der Waals surface area contributed by atoms with Crippen molar-refractivity contribution in [2.24, 2.45) is 0 Å². The molecule has 6 nitrogen and oxygen atoms in total. The van der Waals surface area contributed by atoms with Crippen LogP contribution >= 0.6 is 0 Å². The molecule has 0 radical (unpaired) electrons. The van der Waals surface area contributed by atoms with Crippen molar-refractivity contribution in [3.63, 3.8) is 0 Å². The number of aliphatic hydroxyl groups excluding tert-OH is 1. The van der Waals surface area contributed by atoms with Gasteiger partial charge in [-0.25, -0.2) is 0 Å². The average molecular weight is 332 g/mol. The number of carbonyl (C=O) groups is 1. The first kappa shape index (κ1) is 18.8. The fraction of sp³-hybridized carbons (Fsp3) is 0.0714. The van der Waals surface area contributed by atoms with Crippen molar-refractivity contribution in [3.05, 3.63) is 59.7 Å². The van der Waals surface area contributed by atoms with Crippen molar-refractivity contribution in [2.45, 2.75) is 4.90 Å². The van der Waals surface area contributed by atoms with E-state index >= 15 is 0 Å². The van der Waals surface area contributed by atoms with Gasteiger partial charge in [-0.15, -0.1) is 0 Å². The Kier molecular flexibility index (Phi) is 6.73. The zero-order valence-electron chi connectivity index (χ0n) is 12.8. The first-order valence-electron chi connectivity index (χ1n) is 5.89. The van der Waals surface area contributed by atoms with Crippen molar-refractivity contribution >= 4 is 15.9 Å². The van der Waals surface area contributed by atoms with E-state index in [2.05, 4.69) is 0 Å². The second kappa shape index (κ2) is 7.87. The van der Waals surface area contributed by atoms with E-state index in [0.717, 1.165) is 0 Å². The molecule has 0 saturated heterocycles. The monoisotopic (exact) mass is 332 g/mol. The molecule has 0 atom stereocenters. The van der Waals surface area contributed by atoms with Crippen molar-refractivity contribution in [1.82, 2.24) is 0 Å². The van der Waals surface area contributed by atoms with E-state index in [0.29, 0.717) is 0 Å². The molecular formula is C14H13NaO6S. The molecule has 0 aliphatic rings. The molecule has 22 heavy (non-hydrogen) atoms. The van der Waals surface area contributed by atoms with E-state index in [4.69, 9.17) is 9.84 Å². The third-order valence-electron chi connectivity index (χ3n) is 2.74. The van der Waals surface area contributed by atoms with Crippen LogP contribution in [0.5, 0.6) is 5.75 Å². The predicted molar refractivity (Wildman–Crippen MR) is 75.0 cm³/mol. The van der Waals surface area contributed by atoms with Crippen molar-refractivity contribution in [3.8, 4) is 5.75 Å². The maximum absolute atomic E-state index is 12.4. The molecule has 8 heteroatoms. The number of hydrogen-bond donors (Lipinski definition) is 2. The summed E-state index contributed by atoms with van der Waals surface area (Å²) in [5, 5.41) is 8.77. The summed E-state index contributed by atoms with van der Waals surface area (Å²) in [6.07, 6.45) is 0. The molecule has 0 spiro atoms. The van der Waals surface area contributed by atoms with E-state index < -0.39 is 27.6 Å². The smallest absolute Gasteiger partial charge is 1.00 e. The summed E-state index contributed by atoms with van der Waals surface area (Å²) in [7, 11) is -4.70. The Morgan fingerprint density at radius 2 is 1.73 bits per heavy atom. The Balaban J connectivity index is 0.00000242. The van der Waals surface area contributed by atoms with Crippen LogP contribution in [-0.4, -0.2) is 30.7 Å². The summed E-state index contributed by atoms with van der Waals surface area (Å²) in [5.74, 6) is -0.867. The van der Waals surface area contributed by atoms with Gasteiger partial charge in [-0.2, -0.15) is 8.42 Å². The van der Waals surface area contributed by atoms with Crippen molar-refractivity contribution in [1.29, 1.82) is 0 Å². The van der Waals surface area contributed by atoms with Gasteiger partial charge in [-0.3, -0.25) is 9.35 Å². The SMILES string of the molecule is O=C(c1ccccc1)c1cccc(OCO)c1S(=O)(=O)O.[H-].[Na+]. The Morgan fingerprint density at radius 1 is 1.09 bits per heavy atom. The minimum atomic E-state index is -4.70. The molecular weight excluding hydrogens is 319 g/mol. The number of ketones is 1. The largest absolute Gasteiger partial charge is 1.00 e. The van der Waals surface area contributed by atoms with Gasteiger partial charge in [0.25, 0.3) is 10.1 Å². The van der Waals surface area contributed by atoms with Crippen LogP contribution in [-0.2, 0) is 10.1 Å². The number of aliphatic hydroxyl groups is 1. The van der Waals surface area contributed by atoms with Crippen LogP contribution in [0.1, 0.15) is 17.3 Å².